The number of benzene rings is 1. The first kappa shape index (κ1) is 19.9. The number of rotatable bonds is 5. The molecule has 156 valence electrons. The number of H-pyrrole nitrogens is 1. The lowest BCUT2D eigenvalue weighted by Crippen LogP contribution is -2.41. The molecule has 1 saturated heterocycles. The molecule has 0 atom stereocenters. The van der Waals surface area contributed by atoms with Gasteiger partial charge in [0.2, 0.25) is 0 Å². The monoisotopic (exact) mass is 405 g/mol. The van der Waals surface area contributed by atoms with Crippen LogP contribution in [0.4, 0.5) is 13.2 Å². The third kappa shape index (κ3) is 4.45. The molecule has 4 rings (SSSR count). The van der Waals surface area contributed by atoms with Crippen LogP contribution in [0.25, 0.3) is 22.3 Å². The van der Waals surface area contributed by atoms with Gasteiger partial charge < -0.3 is 19.2 Å². The number of likely N-dealkylation sites (tertiary alicyclic amines) is 1. The van der Waals surface area contributed by atoms with Gasteiger partial charge in [0.25, 0.3) is 0 Å². The molecule has 0 unspecified atom stereocenters. The summed E-state index contributed by atoms with van der Waals surface area (Å²) in [7, 11) is 0. The molecule has 3 heterocycles. The van der Waals surface area contributed by atoms with E-state index in [2.05, 4.69) is 23.7 Å². The van der Waals surface area contributed by atoms with Gasteiger partial charge in [-0.25, -0.2) is 0 Å². The maximum absolute atomic E-state index is 13.2. The summed E-state index contributed by atoms with van der Waals surface area (Å²) in [5, 5.41) is 0.746. The molecule has 29 heavy (non-hydrogen) atoms. The Morgan fingerprint density at radius 3 is 2.52 bits per heavy atom. The predicted molar refractivity (Wildman–Crippen MR) is 108 cm³/mol. The largest absolute Gasteiger partial charge is 0.490 e. The smallest absolute Gasteiger partial charge is 0.406 e. The number of aromatic nitrogens is 2. The highest BCUT2D eigenvalue weighted by Crippen LogP contribution is 2.33. The van der Waals surface area contributed by atoms with E-state index < -0.39 is 12.7 Å². The molecule has 2 aromatic heterocycles. The molecular formula is C22H26F3N3O. The third-order valence-electron chi connectivity index (χ3n) is 5.59. The van der Waals surface area contributed by atoms with E-state index in [-0.39, 0.29) is 6.10 Å². The fraction of sp³-hybridized carbons (Fsp3) is 0.455. The molecule has 1 aromatic carbocycles. The van der Waals surface area contributed by atoms with E-state index in [0.717, 1.165) is 31.3 Å². The van der Waals surface area contributed by atoms with Crippen molar-refractivity contribution < 1.29 is 17.9 Å². The Balaban J connectivity index is 1.59. The van der Waals surface area contributed by atoms with E-state index in [0.29, 0.717) is 28.7 Å². The number of alkyl halides is 3. The van der Waals surface area contributed by atoms with Gasteiger partial charge in [0.1, 0.15) is 18.4 Å². The average molecular weight is 405 g/mol. The Bertz CT molecular complexity index is 952. The highest BCUT2D eigenvalue weighted by molar-refractivity contribution is 5.87. The summed E-state index contributed by atoms with van der Waals surface area (Å²) in [6.07, 6.45) is -0.531. The molecule has 0 spiro atoms. The second kappa shape index (κ2) is 7.78. The highest BCUT2D eigenvalue weighted by Gasteiger charge is 2.30. The first-order valence-electron chi connectivity index (χ1n) is 10.0. The topological polar surface area (TPSA) is 33.2 Å². The Morgan fingerprint density at radius 2 is 1.90 bits per heavy atom. The maximum Gasteiger partial charge on any atom is 0.406 e. The van der Waals surface area contributed by atoms with Crippen LogP contribution in [0.15, 0.2) is 42.6 Å². The molecule has 3 aromatic rings. The van der Waals surface area contributed by atoms with Crippen LogP contribution in [0, 0.1) is 0 Å². The van der Waals surface area contributed by atoms with E-state index in [1.54, 1.807) is 36.5 Å². The fourth-order valence-corrected chi connectivity index (χ4v) is 4.09. The number of nitrogens with zero attached hydrogens (tertiary/aromatic N) is 2. The molecule has 7 heteroatoms. The van der Waals surface area contributed by atoms with Crippen molar-refractivity contribution in [3.05, 3.63) is 42.6 Å². The summed E-state index contributed by atoms with van der Waals surface area (Å²) in [5.74, 6) is 0.711. The zero-order chi connectivity index (χ0) is 20.6. The van der Waals surface area contributed by atoms with Crippen molar-refractivity contribution in [3.63, 3.8) is 0 Å². The van der Waals surface area contributed by atoms with E-state index >= 15 is 0 Å². The van der Waals surface area contributed by atoms with Crippen LogP contribution < -0.4 is 4.74 Å². The van der Waals surface area contributed by atoms with Gasteiger partial charge in [0.05, 0.1) is 11.4 Å². The van der Waals surface area contributed by atoms with Gasteiger partial charge >= 0.3 is 6.18 Å². The van der Waals surface area contributed by atoms with Crippen LogP contribution >= 0.6 is 0 Å². The zero-order valence-electron chi connectivity index (χ0n) is 16.7. The van der Waals surface area contributed by atoms with Crippen molar-refractivity contribution in [2.24, 2.45) is 0 Å². The number of nitrogens with one attached hydrogen (secondary N) is 1. The number of ether oxygens (including phenoxy) is 1. The van der Waals surface area contributed by atoms with Crippen molar-refractivity contribution in [2.45, 2.75) is 51.6 Å². The number of hydrogen-bond acceptors (Lipinski definition) is 2. The number of aromatic amines is 1. The summed E-state index contributed by atoms with van der Waals surface area (Å²) in [6.45, 7) is 5.37. The Kier molecular flexibility index (Phi) is 5.34. The van der Waals surface area contributed by atoms with E-state index in [1.807, 2.05) is 6.07 Å². The Morgan fingerprint density at radius 1 is 1.14 bits per heavy atom. The Hall–Kier alpha value is -2.41. The van der Waals surface area contributed by atoms with E-state index in [1.165, 1.54) is 4.57 Å². The fourth-order valence-electron chi connectivity index (χ4n) is 4.09. The number of hydrogen-bond donors (Lipinski definition) is 1. The molecule has 1 N–H and O–H groups in total. The van der Waals surface area contributed by atoms with Gasteiger partial charge in [-0.1, -0.05) is 0 Å². The first-order valence-corrected chi connectivity index (χ1v) is 10.0. The maximum atomic E-state index is 13.2. The summed E-state index contributed by atoms with van der Waals surface area (Å²) in [5.41, 5.74) is 1.73. The van der Waals surface area contributed by atoms with Crippen LogP contribution in [0.1, 0.15) is 26.7 Å². The molecular weight excluding hydrogens is 379 g/mol. The third-order valence-corrected chi connectivity index (χ3v) is 5.59. The lowest BCUT2D eigenvalue weighted by Gasteiger charge is -2.34. The average Bonchev–Trinajstić information content (AvgIpc) is 3.29. The summed E-state index contributed by atoms with van der Waals surface area (Å²) < 4.78 is 47.0. The predicted octanol–water partition coefficient (Wildman–Crippen LogP) is 5.45. The molecule has 1 fully saturated rings. The lowest BCUT2D eigenvalue weighted by atomic mass is 10.1. The molecule has 0 radical (unpaired) electrons. The van der Waals surface area contributed by atoms with E-state index in [9.17, 15) is 13.2 Å². The normalized spacial score (nSPS) is 16.8. The molecule has 1 aliphatic heterocycles. The van der Waals surface area contributed by atoms with Crippen LogP contribution in [-0.2, 0) is 6.54 Å². The number of fused-ring (bicyclic) bond motifs is 1. The van der Waals surface area contributed by atoms with E-state index in [4.69, 9.17) is 4.74 Å². The number of piperidine rings is 1. The van der Waals surface area contributed by atoms with Gasteiger partial charge in [0.15, 0.2) is 0 Å². The van der Waals surface area contributed by atoms with Crippen molar-refractivity contribution >= 4 is 10.9 Å². The highest BCUT2D eigenvalue weighted by atomic mass is 19.4. The molecule has 4 nitrogen and oxygen atoms in total. The van der Waals surface area contributed by atoms with Crippen molar-refractivity contribution in [2.75, 3.05) is 13.1 Å². The second-order valence-corrected chi connectivity index (χ2v) is 7.98. The van der Waals surface area contributed by atoms with Gasteiger partial charge in [-0.3, -0.25) is 0 Å². The quantitative estimate of drug-likeness (QED) is 0.612. The van der Waals surface area contributed by atoms with Gasteiger partial charge in [-0.05, 0) is 63.1 Å². The molecule has 0 bridgehead atoms. The molecule has 0 amide bonds. The minimum absolute atomic E-state index is 0.141. The van der Waals surface area contributed by atoms with Gasteiger partial charge in [-0.2, -0.15) is 13.2 Å². The Labute approximate surface area is 168 Å². The minimum Gasteiger partial charge on any atom is -0.490 e. The summed E-state index contributed by atoms with van der Waals surface area (Å²) in [6, 6.07) is 11.2. The standard InChI is InChI=1S/C22H26F3N3O/c1-15(2)27-10-7-17(8-11-27)29-18-5-6-20-16(12-18)13-21(19-4-3-9-26-19)28(20)14-22(23,24)25/h3-6,9,12-13,15,17,26H,7-8,10-11,14H2,1-2H3. The van der Waals surface area contributed by atoms with Crippen LogP contribution in [0.2, 0.25) is 0 Å². The van der Waals surface area contributed by atoms with Gasteiger partial charge in [-0.15, -0.1) is 0 Å². The first-order chi connectivity index (χ1) is 13.8. The zero-order valence-corrected chi connectivity index (χ0v) is 16.7. The van der Waals surface area contributed by atoms with Crippen molar-refractivity contribution in [1.82, 2.24) is 14.5 Å². The van der Waals surface area contributed by atoms with Crippen LogP contribution in [0.5, 0.6) is 5.75 Å². The van der Waals surface area contributed by atoms with Crippen LogP contribution in [-0.4, -0.2) is 45.9 Å². The molecule has 1 aliphatic rings. The van der Waals surface area contributed by atoms with Crippen molar-refractivity contribution in [1.29, 1.82) is 0 Å². The van der Waals surface area contributed by atoms with Crippen LogP contribution in [0.3, 0.4) is 0 Å². The molecule has 0 saturated carbocycles. The minimum atomic E-state index is -4.30. The summed E-state index contributed by atoms with van der Waals surface area (Å²) >= 11 is 0. The summed E-state index contributed by atoms with van der Waals surface area (Å²) in [4.78, 5) is 5.44. The lowest BCUT2D eigenvalue weighted by molar-refractivity contribution is -0.139. The van der Waals surface area contributed by atoms with Gasteiger partial charge in [0, 0.05) is 36.2 Å². The molecule has 0 aliphatic carbocycles. The SMILES string of the molecule is CC(C)N1CCC(Oc2ccc3c(c2)cc(-c2ccc[nH]2)n3CC(F)(F)F)CC1. The second-order valence-electron chi connectivity index (χ2n) is 7.98. The number of halogens is 3. The van der Waals surface area contributed by atoms with Crippen molar-refractivity contribution in [3.8, 4) is 17.1 Å².